The molecule has 0 bridgehead atoms. The second-order valence-corrected chi connectivity index (χ2v) is 5.02. The van der Waals surface area contributed by atoms with Crippen LogP contribution in [0.25, 0.3) is 0 Å². The monoisotopic (exact) mass is 241 g/mol. The van der Waals surface area contributed by atoms with Crippen molar-refractivity contribution in [3.63, 3.8) is 0 Å². The zero-order valence-corrected chi connectivity index (χ0v) is 10.3. The van der Waals surface area contributed by atoms with Crippen LogP contribution < -0.4 is 0 Å². The molecule has 0 radical (unpaired) electrons. The van der Waals surface area contributed by atoms with Crippen molar-refractivity contribution in [2.45, 2.75) is 51.4 Å². The van der Waals surface area contributed by atoms with Crippen molar-refractivity contribution in [2.24, 2.45) is 5.92 Å². The van der Waals surface area contributed by atoms with E-state index in [1.165, 1.54) is 0 Å². The van der Waals surface area contributed by atoms with E-state index in [0.717, 1.165) is 12.8 Å². The number of carbonyl (C=O) groups excluding carboxylic acids is 1. The van der Waals surface area contributed by atoms with Crippen LogP contribution in [0.5, 0.6) is 0 Å². The fourth-order valence-corrected chi connectivity index (χ4v) is 2.75. The predicted octanol–water partition coefficient (Wildman–Crippen LogP) is 0.876. The Morgan fingerprint density at radius 2 is 1.94 bits per heavy atom. The molecule has 1 N–H and O–H groups in total. The molecule has 2 aliphatic rings. The van der Waals surface area contributed by atoms with Gasteiger partial charge in [0.2, 0.25) is 0 Å². The van der Waals surface area contributed by atoms with Gasteiger partial charge < -0.3 is 14.7 Å². The molecule has 5 heteroatoms. The second-order valence-electron chi connectivity index (χ2n) is 5.02. The molecule has 0 aliphatic carbocycles. The fraction of sp³-hybridized carbons (Fsp3) is 0.833. The summed E-state index contributed by atoms with van der Waals surface area (Å²) in [5.74, 6) is -1.28. The van der Waals surface area contributed by atoms with Gasteiger partial charge in [0.05, 0.1) is 12.0 Å². The fourth-order valence-electron chi connectivity index (χ4n) is 2.75. The second kappa shape index (κ2) is 4.64. The van der Waals surface area contributed by atoms with Gasteiger partial charge in [-0.05, 0) is 33.1 Å². The standard InChI is InChI=1S/C12H19NO4/c1-7-3-4-10(17-7)11(14)13-6-5-9(8(13)2)12(15)16/h7-10H,3-6H2,1-2H3,(H,15,16). The lowest BCUT2D eigenvalue weighted by Gasteiger charge is -2.26. The number of nitrogens with zero attached hydrogens (tertiary/aromatic N) is 1. The first-order valence-corrected chi connectivity index (χ1v) is 6.19. The van der Waals surface area contributed by atoms with Crippen LogP contribution >= 0.6 is 0 Å². The van der Waals surface area contributed by atoms with Crippen molar-refractivity contribution in [2.75, 3.05) is 6.54 Å². The van der Waals surface area contributed by atoms with Gasteiger partial charge >= 0.3 is 5.97 Å². The Balaban J connectivity index is 1.99. The Kier molecular flexibility index (Phi) is 3.38. The molecule has 4 atom stereocenters. The summed E-state index contributed by atoms with van der Waals surface area (Å²) in [5, 5.41) is 9.02. The van der Waals surface area contributed by atoms with Crippen LogP contribution in [0.15, 0.2) is 0 Å². The number of ether oxygens (including phenoxy) is 1. The molecule has 0 spiro atoms. The zero-order chi connectivity index (χ0) is 12.6. The Labute approximate surface area is 101 Å². The first kappa shape index (κ1) is 12.4. The summed E-state index contributed by atoms with van der Waals surface area (Å²) >= 11 is 0. The molecule has 0 saturated carbocycles. The van der Waals surface area contributed by atoms with Crippen molar-refractivity contribution in [1.29, 1.82) is 0 Å². The first-order chi connectivity index (χ1) is 8.00. The third kappa shape index (κ3) is 2.29. The maximum Gasteiger partial charge on any atom is 0.308 e. The molecule has 5 nitrogen and oxygen atoms in total. The normalized spacial score (nSPS) is 37.4. The molecule has 2 saturated heterocycles. The minimum Gasteiger partial charge on any atom is -0.481 e. The third-order valence-corrected chi connectivity index (χ3v) is 3.86. The summed E-state index contributed by atoms with van der Waals surface area (Å²) < 4.78 is 5.54. The van der Waals surface area contributed by atoms with Gasteiger partial charge in [0, 0.05) is 12.6 Å². The van der Waals surface area contributed by atoms with Crippen LogP contribution in [-0.4, -0.2) is 46.7 Å². The number of hydrogen-bond acceptors (Lipinski definition) is 3. The van der Waals surface area contributed by atoms with Crippen LogP contribution in [0.3, 0.4) is 0 Å². The van der Waals surface area contributed by atoms with Crippen molar-refractivity contribution in [3.05, 3.63) is 0 Å². The topological polar surface area (TPSA) is 66.8 Å². The lowest BCUT2D eigenvalue weighted by molar-refractivity contribution is -0.146. The van der Waals surface area contributed by atoms with E-state index in [4.69, 9.17) is 9.84 Å². The van der Waals surface area contributed by atoms with E-state index < -0.39 is 11.9 Å². The summed E-state index contributed by atoms with van der Waals surface area (Å²) in [4.78, 5) is 24.8. The zero-order valence-electron chi connectivity index (χ0n) is 10.3. The van der Waals surface area contributed by atoms with Gasteiger partial charge in [0.15, 0.2) is 0 Å². The van der Waals surface area contributed by atoms with E-state index in [9.17, 15) is 9.59 Å². The smallest absolute Gasteiger partial charge is 0.308 e. The van der Waals surface area contributed by atoms with Crippen molar-refractivity contribution in [3.8, 4) is 0 Å². The number of amides is 1. The van der Waals surface area contributed by atoms with Crippen molar-refractivity contribution in [1.82, 2.24) is 4.90 Å². The lowest BCUT2D eigenvalue weighted by atomic mass is 10.0. The molecule has 17 heavy (non-hydrogen) atoms. The molecular weight excluding hydrogens is 222 g/mol. The van der Waals surface area contributed by atoms with E-state index in [1.807, 2.05) is 13.8 Å². The number of hydrogen-bond donors (Lipinski definition) is 1. The number of carboxylic acids is 1. The van der Waals surface area contributed by atoms with Gasteiger partial charge in [0.25, 0.3) is 5.91 Å². The molecule has 0 aromatic rings. The van der Waals surface area contributed by atoms with E-state index in [-0.39, 0.29) is 24.2 Å². The Morgan fingerprint density at radius 3 is 2.41 bits per heavy atom. The van der Waals surface area contributed by atoms with Gasteiger partial charge in [-0.15, -0.1) is 0 Å². The van der Waals surface area contributed by atoms with Crippen LogP contribution in [0, 0.1) is 5.92 Å². The average molecular weight is 241 g/mol. The van der Waals surface area contributed by atoms with Crippen LogP contribution in [0.1, 0.15) is 33.1 Å². The highest BCUT2D eigenvalue weighted by atomic mass is 16.5. The number of carboxylic acid groups (broad SMARTS) is 1. The SMILES string of the molecule is CC1CCC(C(=O)N2CCC(C(=O)O)C2C)O1. The maximum absolute atomic E-state index is 12.2. The summed E-state index contributed by atoms with van der Waals surface area (Å²) in [6.07, 6.45) is 1.98. The third-order valence-electron chi connectivity index (χ3n) is 3.86. The quantitative estimate of drug-likeness (QED) is 0.779. The summed E-state index contributed by atoms with van der Waals surface area (Å²) in [6.45, 7) is 4.30. The van der Waals surface area contributed by atoms with Gasteiger partial charge in [-0.1, -0.05) is 0 Å². The number of rotatable bonds is 2. The van der Waals surface area contributed by atoms with Gasteiger partial charge in [-0.25, -0.2) is 0 Å². The highest BCUT2D eigenvalue weighted by Crippen LogP contribution is 2.28. The highest BCUT2D eigenvalue weighted by Gasteiger charge is 2.41. The molecule has 2 aliphatic heterocycles. The minimum absolute atomic E-state index is 0.0365. The summed E-state index contributed by atoms with van der Waals surface area (Å²) in [5.41, 5.74) is 0. The Morgan fingerprint density at radius 1 is 1.24 bits per heavy atom. The summed E-state index contributed by atoms with van der Waals surface area (Å²) in [6, 6.07) is -0.223. The number of aliphatic carboxylic acids is 1. The molecule has 0 aromatic heterocycles. The number of carbonyl (C=O) groups is 2. The maximum atomic E-state index is 12.2. The minimum atomic E-state index is -0.812. The molecule has 2 rings (SSSR count). The molecule has 1 amide bonds. The van der Waals surface area contributed by atoms with Gasteiger partial charge in [0.1, 0.15) is 6.10 Å². The van der Waals surface area contributed by atoms with Crippen LogP contribution in [-0.2, 0) is 14.3 Å². The lowest BCUT2D eigenvalue weighted by Crippen LogP contribution is -2.43. The van der Waals surface area contributed by atoms with Crippen molar-refractivity contribution < 1.29 is 19.4 Å². The molecule has 0 aromatic carbocycles. The molecule has 4 unspecified atom stereocenters. The van der Waals surface area contributed by atoms with E-state index in [1.54, 1.807) is 4.90 Å². The largest absolute Gasteiger partial charge is 0.481 e. The molecule has 2 fully saturated rings. The van der Waals surface area contributed by atoms with Crippen LogP contribution in [0.4, 0.5) is 0 Å². The van der Waals surface area contributed by atoms with E-state index >= 15 is 0 Å². The highest BCUT2D eigenvalue weighted by molar-refractivity contribution is 5.83. The average Bonchev–Trinajstić information content (AvgIpc) is 2.83. The van der Waals surface area contributed by atoms with E-state index in [0.29, 0.717) is 13.0 Å². The molecular formula is C12H19NO4. The van der Waals surface area contributed by atoms with Gasteiger partial charge in [-0.2, -0.15) is 0 Å². The van der Waals surface area contributed by atoms with Gasteiger partial charge in [-0.3, -0.25) is 9.59 Å². The Bertz CT molecular complexity index is 330. The first-order valence-electron chi connectivity index (χ1n) is 6.19. The predicted molar refractivity (Wildman–Crippen MR) is 60.5 cm³/mol. The number of likely N-dealkylation sites (tertiary alicyclic amines) is 1. The molecule has 96 valence electrons. The van der Waals surface area contributed by atoms with Crippen LogP contribution in [0.2, 0.25) is 0 Å². The van der Waals surface area contributed by atoms with E-state index in [2.05, 4.69) is 0 Å². The summed E-state index contributed by atoms with van der Waals surface area (Å²) in [7, 11) is 0. The van der Waals surface area contributed by atoms with Crippen molar-refractivity contribution >= 4 is 11.9 Å². The Hall–Kier alpha value is -1.10. The molecule has 2 heterocycles.